The Hall–Kier alpha value is -5.47. The number of hydrogen-bond donors (Lipinski definition) is 0. The van der Waals surface area contributed by atoms with E-state index < -0.39 is 0 Å². The summed E-state index contributed by atoms with van der Waals surface area (Å²) in [6.45, 7) is 0. The lowest BCUT2D eigenvalue weighted by Gasteiger charge is -2.26. The van der Waals surface area contributed by atoms with Crippen LogP contribution in [0.4, 0.5) is 0 Å². The molecular weight excluding hydrogens is 496 g/mol. The lowest BCUT2D eigenvalue weighted by Crippen LogP contribution is -2.03. The molecule has 6 aromatic carbocycles. The minimum atomic E-state index is 1.00. The van der Waals surface area contributed by atoms with Gasteiger partial charge in [0.05, 0.1) is 22.2 Å². The molecule has 0 saturated carbocycles. The zero-order chi connectivity index (χ0) is 26.9. The van der Waals surface area contributed by atoms with E-state index in [9.17, 15) is 0 Å². The zero-order valence-corrected chi connectivity index (χ0v) is 22.3. The molecule has 1 aliphatic carbocycles. The van der Waals surface area contributed by atoms with Gasteiger partial charge < -0.3 is 4.57 Å². The Balaban J connectivity index is 1.52. The summed E-state index contributed by atoms with van der Waals surface area (Å²) >= 11 is 0. The summed E-state index contributed by atoms with van der Waals surface area (Å²) in [6.07, 6.45) is 1.89. The molecule has 0 N–H and O–H groups in total. The summed E-state index contributed by atoms with van der Waals surface area (Å²) in [5, 5.41) is 3.67. The monoisotopic (exact) mass is 520 g/mol. The van der Waals surface area contributed by atoms with Crippen LogP contribution in [0.1, 0.15) is 0 Å². The largest absolute Gasteiger partial charge is 0.309 e. The smallest absolute Gasteiger partial charge is 0.0708 e. The van der Waals surface area contributed by atoms with Crippen molar-refractivity contribution in [2.45, 2.75) is 0 Å². The van der Waals surface area contributed by atoms with Crippen LogP contribution >= 0.6 is 0 Å². The normalized spacial score (nSPS) is 11.9. The first-order valence-corrected chi connectivity index (χ1v) is 14.1. The van der Waals surface area contributed by atoms with Gasteiger partial charge >= 0.3 is 0 Å². The number of nitrogens with zero attached hydrogens (tertiary/aromatic N) is 2. The van der Waals surface area contributed by atoms with Crippen molar-refractivity contribution in [3.05, 3.63) is 146 Å². The molecule has 0 saturated heterocycles. The third kappa shape index (κ3) is 3.16. The maximum Gasteiger partial charge on any atom is 0.0708 e. The molecule has 8 aromatic rings. The molecule has 0 spiro atoms. The second kappa shape index (κ2) is 8.51. The summed E-state index contributed by atoms with van der Waals surface area (Å²) in [5.74, 6) is 0. The van der Waals surface area contributed by atoms with Crippen molar-refractivity contribution in [1.82, 2.24) is 9.55 Å². The molecule has 0 fully saturated rings. The van der Waals surface area contributed by atoms with Crippen LogP contribution in [-0.4, -0.2) is 9.55 Å². The van der Waals surface area contributed by atoms with Gasteiger partial charge in [-0.25, -0.2) is 0 Å². The van der Waals surface area contributed by atoms with Crippen molar-refractivity contribution in [3.8, 4) is 50.2 Å². The molecule has 0 unspecified atom stereocenters. The van der Waals surface area contributed by atoms with Crippen LogP contribution < -0.4 is 0 Å². The molecule has 9 rings (SSSR count). The van der Waals surface area contributed by atoms with Crippen molar-refractivity contribution in [2.24, 2.45) is 0 Å². The number of pyridine rings is 1. The van der Waals surface area contributed by atoms with Gasteiger partial charge in [-0.15, -0.1) is 0 Å². The van der Waals surface area contributed by atoms with Crippen LogP contribution in [0, 0.1) is 0 Å². The first-order chi connectivity index (χ1) is 20.4. The second-order valence-electron chi connectivity index (χ2n) is 10.8. The highest BCUT2D eigenvalue weighted by atomic mass is 15.0. The van der Waals surface area contributed by atoms with Gasteiger partial charge in [-0.1, -0.05) is 103 Å². The topological polar surface area (TPSA) is 17.8 Å². The molecule has 0 aliphatic heterocycles. The number of benzene rings is 6. The van der Waals surface area contributed by atoms with Gasteiger partial charge in [0.25, 0.3) is 0 Å². The number of hydrogen-bond acceptors (Lipinski definition) is 1. The molecule has 0 bridgehead atoms. The number of aromatic nitrogens is 2. The van der Waals surface area contributed by atoms with E-state index in [1.165, 1.54) is 72.0 Å². The Morgan fingerprint density at radius 3 is 1.66 bits per heavy atom. The fourth-order valence-corrected chi connectivity index (χ4v) is 6.87. The molecule has 2 aromatic heterocycles. The highest BCUT2D eigenvalue weighted by Crippen LogP contribution is 2.51. The van der Waals surface area contributed by atoms with Gasteiger partial charge in [-0.05, 0) is 75.3 Å². The van der Waals surface area contributed by atoms with E-state index in [-0.39, 0.29) is 0 Å². The Morgan fingerprint density at radius 2 is 0.976 bits per heavy atom. The highest BCUT2D eigenvalue weighted by Gasteiger charge is 2.26. The van der Waals surface area contributed by atoms with Crippen LogP contribution in [0.3, 0.4) is 0 Å². The molecule has 190 valence electrons. The summed E-state index contributed by atoms with van der Waals surface area (Å²) in [4.78, 5) is 4.80. The van der Waals surface area contributed by atoms with Crippen LogP contribution in [0.5, 0.6) is 0 Å². The minimum Gasteiger partial charge on any atom is -0.309 e. The van der Waals surface area contributed by atoms with E-state index in [0.29, 0.717) is 0 Å². The maximum atomic E-state index is 4.80. The number of fused-ring (bicyclic) bond motifs is 12. The third-order valence-electron chi connectivity index (χ3n) is 8.60. The van der Waals surface area contributed by atoms with Crippen LogP contribution in [0.25, 0.3) is 82.9 Å². The van der Waals surface area contributed by atoms with Crippen LogP contribution in [0.2, 0.25) is 0 Å². The van der Waals surface area contributed by atoms with Gasteiger partial charge in [0.1, 0.15) is 0 Å². The van der Waals surface area contributed by atoms with Gasteiger partial charge in [0, 0.05) is 27.9 Å². The molecule has 2 heterocycles. The van der Waals surface area contributed by atoms with Gasteiger partial charge in [-0.3, -0.25) is 4.98 Å². The van der Waals surface area contributed by atoms with Crippen molar-refractivity contribution in [3.63, 3.8) is 0 Å². The molecular formula is C39H24N2. The zero-order valence-electron chi connectivity index (χ0n) is 22.3. The van der Waals surface area contributed by atoms with Gasteiger partial charge in [0.15, 0.2) is 0 Å². The Morgan fingerprint density at radius 1 is 0.415 bits per heavy atom. The third-order valence-corrected chi connectivity index (χ3v) is 8.60. The molecule has 1 aliphatic rings. The van der Waals surface area contributed by atoms with Crippen LogP contribution in [0.15, 0.2) is 146 Å². The van der Waals surface area contributed by atoms with E-state index in [1.54, 1.807) is 0 Å². The standard InChI is InChI=1S/C39H24N2/c1-3-14-28-26(12-1)27-13-2-4-15-29(27)33-23-25-11-10-22-40-35(25)24-34(33)39-32(28)18-9-21-38(39)41-36-19-7-5-16-30(36)31-17-6-8-20-37(31)41/h1-24H. The molecule has 2 heteroatoms. The molecule has 0 radical (unpaired) electrons. The maximum absolute atomic E-state index is 4.80. The fraction of sp³-hybridized carbons (Fsp3) is 0. The van der Waals surface area contributed by atoms with Crippen molar-refractivity contribution >= 4 is 32.7 Å². The van der Waals surface area contributed by atoms with E-state index >= 15 is 0 Å². The van der Waals surface area contributed by atoms with Crippen molar-refractivity contribution < 1.29 is 0 Å². The molecule has 0 atom stereocenters. The average Bonchev–Trinajstić information content (AvgIpc) is 3.37. The van der Waals surface area contributed by atoms with Crippen molar-refractivity contribution in [2.75, 3.05) is 0 Å². The predicted molar refractivity (Wildman–Crippen MR) is 171 cm³/mol. The summed E-state index contributed by atoms with van der Waals surface area (Å²) in [7, 11) is 0. The first kappa shape index (κ1) is 22.4. The fourth-order valence-electron chi connectivity index (χ4n) is 6.87. The minimum absolute atomic E-state index is 1.00. The SMILES string of the molecule is c1ccc2c(c1)-c1ccccc1-c1cccc(-n3c4ccccc4c4ccccc43)c1-c1cc3ncccc3cc1-2. The predicted octanol–water partition coefficient (Wildman–Crippen LogP) is 10.3. The van der Waals surface area contributed by atoms with Crippen LogP contribution in [-0.2, 0) is 0 Å². The van der Waals surface area contributed by atoms with Crippen molar-refractivity contribution in [1.29, 1.82) is 0 Å². The highest BCUT2D eigenvalue weighted by molar-refractivity contribution is 6.12. The Kier molecular flexibility index (Phi) is 4.64. The molecule has 41 heavy (non-hydrogen) atoms. The van der Waals surface area contributed by atoms with E-state index in [1.807, 2.05) is 12.3 Å². The Labute approximate surface area is 237 Å². The number of rotatable bonds is 1. The number of para-hydroxylation sites is 2. The van der Waals surface area contributed by atoms with Gasteiger partial charge in [0.2, 0.25) is 0 Å². The quantitative estimate of drug-likeness (QED) is 0.210. The lowest BCUT2D eigenvalue weighted by atomic mass is 9.80. The summed E-state index contributed by atoms with van der Waals surface area (Å²) in [5.41, 5.74) is 14.4. The summed E-state index contributed by atoms with van der Waals surface area (Å²) < 4.78 is 2.45. The average molecular weight is 521 g/mol. The first-order valence-electron chi connectivity index (χ1n) is 14.1. The van der Waals surface area contributed by atoms with E-state index in [0.717, 1.165) is 10.9 Å². The Bertz CT molecular complexity index is 2270. The molecule has 2 nitrogen and oxygen atoms in total. The lowest BCUT2D eigenvalue weighted by molar-refractivity contribution is 1.18. The van der Waals surface area contributed by atoms with E-state index in [2.05, 4.69) is 138 Å². The van der Waals surface area contributed by atoms with Gasteiger partial charge in [-0.2, -0.15) is 0 Å². The second-order valence-corrected chi connectivity index (χ2v) is 10.8. The molecule has 0 amide bonds. The summed E-state index contributed by atoms with van der Waals surface area (Å²) in [6, 6.07) is 50.7. The van der Waals surface area contributed by atoms with E-state index in [4.69, 9.17) is 4.98 Å².